The summed E-state index contributed by atoms with van der Waals surface area (Å²) >= 11 is 0. The number of urea groups is 1. The Morgan fingerprint density at radius 3 is 2.55 bits per heavy atom. The number of carboxylic acids is 1. The highest BCUT2D eigenvalue weighted by atomic mass is 16.4. The maximum absolute atomic E-state index is 12.5. The zero-order valence-corrected chi connectivity index (χ0v) is 12.2. The largest absolute Gasteiger partial charge is 0.480 e. The van der Waals surface area contributed by atoms with Crippen molar-refractivity contribution in [2.75, 3.05) is 19.6 Å². The minimum Gasteiger partial charge on any atom is -0.480 e. The molecule has 0 aromatic heterocycles. The van der Waals surface area contributed by atoms with Crippen molar-refractivity contribution in [3.8, 4) is 0 Å². The molecule has 2 heterocycles. The van der Waals surface area contributed by atoms with Crippen LogP contribution in [0.1, 0.15) is 39.5 Å². The standard InChI is InChI=1S/C14H24N2O4/c1-14(2)4-3-6-15(7-5-14)13(20)16-9-10(17)8-11(16)12(18)19/h10-11,17H,3-9H2,1-2H3,(H,18,19). The van der Waals surface area contributed by atoms with E-state index in [9.17, 15) is 14.7 Å². The van der Waals surface area contributed by atoms with E-state index in [1.807, 2.05) is 0 Å². The molecule has 2 unspecified atom stereocenters. The van der Waals surface area contributed by atoms with Gasteiger partial charge in [-0.3, -0.25) is 0 Å². The summed E-state index contributed by atoms with van der Waals surface area (Å²) in [6.45, 7) is 5.84. The van der Waals surface area contributed by atoms with Gasteiger partial charge < -0.3 is 20.0 Å². The first kappa shape index (κ1) is 15.1. The van der Waals surface area contributed by atoms with Crippen LogP contribution in [0.15, 0.2) is 0 Å². The summed E-state index contributed by atoms with van der Waals surface area (Å²) in [7, 11) is 0. The lowest BCUT2D eigenvalue weighted by Gasteiger charge is -2.29. The number of carboxylic acid groups (broad SMARTS) is 1. The molecule has 0 spiro atoms. The normalized spacial score (nSPS) is 30.1. The van der Waals surface area contributed by atoms with Crippen LogP contribution in [-0.4, -0.2) is 63.8 Å². The van der Waals surface area contributed by atoms with Crippen molar-refractivity contribution in [1.82, 2.24) is 9.80 Å². The Balaban J connectivity index is 2.05. The molecule has 0 saturated carbocycles. The van der Waals surface area contributed by atoms with Crippen LogP contribution in [-0.2, 0) is 4.79 Å². The number of hydrogen-bond acceptors (Lipinski definition) is 3. The third kappa shape index (κ3) is 3.23. The van der Waals surface area contributed by atoms with Crippen LogP contribution in [0.3, 0.4) is 0 Å². The number of carbonyl (C=O) groups excluding carboxylic acids is 1. The van der Waals surface area contributed by atoms with Crippen molar-refractivity contribution in [3.05, 3.63) is 0 Å². The molecule has 2 aliphatic rings. The Bertz CT molecular complexity index is 397. The van der Waals surface area contributed by atoms with Crippen molar-refractivity contribution in [1.29, 1.82) is 0 Å². The van der Waals surface area contributed by atoms with Gasteiger partial charge >= 0.3 is 12.0 Å². The Hall–Kier alpha value is -1.30. The number of aliphatic hydroxyl groups is 1. The molecule has 6 nitrogen and oxygen atoms in total. The van der Waals surface area contributed by atoms with Crippen molar-refractivity contribution in [2.24, 2.45) is 5.41 Å². The fourth-order valence-corrected chi connectivity index (χ4v) is 3.06. The van der Waals surface area contributed by atoms with Gasteiger partial charge in [-0.05, 0) is 24.7 Å². The van der Waals surface area contributed by atoms with Gasteiger partial charge in [-0.2, -0.15) is 0 Å². The maximum Gasteiger partial charge on any atom is 0.326 e. The highest BCUT2D eigenvalue weighted by Crippen LogP contribution is 2.30. The van der Waals surface area contributed by atoms with Crippen molar-refractivity contribution >= 4 is 12.0 Å². The molecule has 2 fully saturated rings. The molecular formula is C14H24N2O4. The van der Waals surface area contributed by atoms with E-state index in [0.717, 1.165) is 19.3 Å². The quantitative estimate of drug-likeness (QED) is 0.756. The van der Waals surface area contributed by atoms with E-state index in [1.165, 1.54) is 4.90 Å². The molecule has 0 bridgehead atoms. The van der Waals surface area contributed by atoms with Crippen LogP contribution >= 0.6 is 0 Å². The van der Waals surface area contributed by atoms with Gasteiger partial charge in [0.25, 0.3) is 0 Å². The fourth-order valence-electron chi connectivity index (χ4n) is 3.06. The average molecular weight is 284 g/mol. The van der Waals surface area contributed by atoms with Crippen molar-refractivity contribution < 1.29 is 19.8 Å². The Kier molecular flexibility index (Phi) is 4.22. The topological polar surface area (TPSA) is 81.1 Å². The number of likely N-dealkylation sites (tertiary alicyclic amines) is 2. The minimum atomic E-state index is -1.04. The number of β-amino-alcohol motifs (C(OH)–C–C–N with tert-alkyl or cyclic N) is 1. The number of carbonyl (C=O) groups is 2. The first-order chi connectivity index (χ1) is 9.30. The molecule has 0 aliphatic carbocycles. The fraction of sp³-hybridized carbons (Fsp3) is 0.857. The zero-order chi connectivity index (χ0) is 14.9. The van der Waals surface area contributed by atoms with Gasteiger partial charge in [0.2, 0.25) is 0 Å². The maximum atomic E-state index is 12.5. The lowest BCUT2D eigenvalue weighted by molar-refractivity contribution is -0.141. The van der Waals surface area contributed by atoms with Gasteiger partial charge in [0.15, 0.2) is 0 Å². The molecule has 2 amide bonds. The van der Waals surface area contributed by atoms with Crippen LogP contribution in [0.2, 0.25) is 0 Å². The van der Waals surface area contributed by atoms with Crippen LogP contribution in [0.4, 0.5) is 4.79 Å². The third-order valence-corrected chi connectivity index (χ3v) is 4.42. The van der Waals surface area contributed by atoms with E-state index in [1.54, 1.807) is 4.90 Å². The van der Waals surface area contributed by atoms with E-state index in [2.05, 4.69) is 13.8 Å². The van der Waals surface area contributed by atoms with Gasteiger partial charge in [0, 0.05) is 26.1 Å². The monoisotopic (exact) mass is 284 g/mol. The van der Waals surface area contributed by atoms with E-state index in [4.69, 9.17) is 5.11 Å². The molecule has 2 saturated heterocycles. The van der Waals surface area contributed by atoms with Gasteiger partial charge in [-0.1, -0.05) is 13.8 Å². The summed E-state index contributed by atoms with van der Waals surface area (Å²) in [5.41, 5.74) is 0.228. The summed E-state index contributed by atoms with van der Waals surface area (Å²) < 4.78 is 0. The number of aliphatic carboxylic acids is 1. The Morgan fingerprint density at radius 2 is 1.90 bits per heavy atom. The van der Waals surface area contributed by atoms with Gasteiger partial charge in [0.05, 0.1) is 6.10 Å². The van der Waals surface area contributed by atoms with Crippen LogP contribution in [0.25, 0.3) is 0 Å². The molecule has 2 aliphatic heterocycles. The molecule has 2 atom stereocenters. The Labute approximate surface area is 119 Å². The van der Waals surface area contributed by atoms with Crippen LogP contribution in [0.5, 0.6) is 0 Å². The van der Waals surface area contributed by atoms with Crippen LogP contribution in [0, 0.1) is 5.41 Å². The summed E-state index contributed by atoms with van der Waals surface area (Å²) in [5.74, 6) is -1.04. The Morgan fingerprint density at radius 1 is 1.20 bits per heavy atom. The van der Waals surface area contributed by atoms with E-state index < -0.39 is 18.1 Å². The van der Waals surface area contributed by atoms with Gasteiger partial charge in [-0.15, -0.1) is 0 Å². The average Bonchev–Trinajstić information content (AvgIpc) is 2.65. The van der Waals surface area contributed by atoms with Gasteiger partial charge in [0.1, 0.15) is 6.04 Å². The molecule has 2 rings (SSSR count). The SMILES string of the molecule is CC1(C)CCCN(C(=O)N2CC(O)CC2C(=O)O)CC1. The third-order valence-electron chi connectivity index (χ3n) is 4.42. The first-order valence-electron chi connectivity index (χ1n) is 7.26. The van der Waals surface area contributed by atoms with Crippen LogP contribution < -0.4 is 0 Å². The second-order valence-corrected chi connectivity index (χ2v) is 6.68. The first-order valence-corrected chi connectivity index (χ1v) is 7.26. The summed E-state index contributed by atoms with van der Waals surface area (Å²) in [4.78, 5) is 26.7. The molecule has 0 radical (unpaired) electrons. The summed E-state index contributed by atoms with van der Waals surface area (Å²) in [6, 6.07) is -1.14. The molecular weight excluding hydrogens is 260 g/mol. The highest BCUT2D eigenvalue weighted by Gasteiger charge is 2.41. The second-order valence-electron chi connectivity index (χ2n) is 6.68. The number of rotatable bonds is 1. The molecule has 0 aromatic rings. The van der Waals surface area contributed by atoms with E-state index in [0.29, 0.717) is 13.1 Å². The van der Waals surface area contributed by atoms with E-state index >= 15 is 0 Å². The highest BCUT2D eigenvalue weighted by molar-refractivity contribution is 5.83. The number of aliphatic hydroxyl groups excluding tert-OH is 1. The second kappa shape index (κ2) is 5.60. The lowest BCUT2D eigenvalue weighted by Crippen LogP contribution is -2.48. The van der Waals surface area contributed by atoms with Crippen molar-refractivity contribution in [2.45, 2.75) is 51.7 Å². The predicted molar refractivity (Wildman–Crippen MR) is 73.4 cm³/mol. The van der Waals surface area contributed by atoms with Gasteiger partial charge in [-0.25, -0.2) is 9.59 Å². The number of hydrogen-bond donors (Lipinski definition) is 2. The summed E-state index contributed by atoms with van der Waals surface area (Å²) in [5, 5.41) is 18.8. The van der Waals surface area contributed by atoms with E-state index in [-0.39, 0.29) is 24.4 Å². The molecule has 6 heteroatoms. The van der Waals surface area contributed by atoms with Crippen molar-refractivity contribution in [3.63, 3.8) is 0 Å². The zero-order valence-electron chi connectivity index (χ0n) is 12.2. The smallest absolute Gasteiger partial charge is 0.326 e. The lowest BCUT2D eigenvalue weighted by atomic mass is 9.85. The molecule has 114 valence electrons. The number of nitrogens with zero attached hydrogens (tertiary/aromatic N) is 2. The summed E-state index contributed by atoms with van der Waals surface area (Å²) in [6.07, 6.45) is 2.32. The molecule has 2 N–H and O–H groups in total. The predicted octanol–water partition coefficient (Wildman–Crippen LogP) is 1.14. The number of amides is 2. The molecule has 20 heavy (non-hydrogen) atoms. The minimum absolute atomic E-state index is 0.121. The molecule has 0 aromatic carbocycles.